The molecule has 0 bridgehead atoms. The highest BCUT2D eigenvalue weighted by Gasteiger charge is 2.19. The van der Waals surface area contributed by atoms with Gasteiger partial charge in [0.2, 0.25) is 5.91 Å². The van der Waals surface area contributed by atoms with E-state index in [1.54, 1.807) is 30.3 Å². The number of aliphatic carboxylic acids is 1. The summed E-state index contributed by atoms with van der Waals surface area (Å²) >= 11 is 0. The zero-order chi connectivity index (χ0) is 13.5. The van der Waals surface area contributed by atoms with Crippen molar-refractivity contribution in [3.05, 3.63) is 35.9 Å². The Morgan fingerprint density at radius 1 is 1.22 bits per heavy atom. The number of carbonyl (C=O) groups is 3. The molecule has 0 aliphatic rings. The molecule has 1 rings (SSSR count). The van der Waals surface area contributed by atoms with Crippen molar-refractivity contribution in [2.24, 2.45) is 0 Å². The lowest BCUT2D eigenvalue weighted by Crippen LogP contribution is -2.39. The van der Waals surface area contributed by atoms with E-state index in [2.05, 4.69) is 5.32 Å². The Balaban J connectivity index is 2.55. The van der Waals surface area contributed by atoms with E-state index >= 15 is 0 Å². The molecule has 0 saturated carbocycles. The summed E-state index contributed by atoms with van der Waals surface area (Å²) in [6.07, 6.45) is 0.171. The van der Waals surface area contributed by atoms with E-state index in [1.165, 1.54) is 6.92 Å². The monoisotopic (exact) mass is 249 g/mol. The van der Waals surface area contributed by atoms with E-state index in [1.807, 2.05) is 0 Å². The van der Waals surface area contributed by atoms with Gasteiger partial charge in [0.15, 0.2) is 5.78 Å². The van der Waals surface area contributed by atoms with Crippen LogP contribution in [-0.4, -0.2) is 28.8 Å². The fraction of sp³-hybridized carbons (Fsp3) is 0.308. The third kappa shape index (κ3) is 4.37. The standard InChI is InChI=1S/C13H15NO4/c1-9(15)14-11(13(17)18)7-8-12(16)10-5-3-2-4-6-10/h2-6,11H,7-8H2,1H3,(H,14,15)(H,17,18)/t11-/m1/s1. The zero-order valence-electron chi connectivity index (χ0n) is 10.1. The topological polar surface area (TPSA) is 83.5 Å². The van der Waals surface area contributed by atoms with Gasteiger partial charge in [-0.25, -0.2) is 4.79 Å². The molecular formula is C13H15NO4. The number of carboxylic acids is 1. The molecule has 5 nitrogen and oxygen atoms in total. The number of hydrogen-bond acceptors (Lipinski definition) is 3. The van der Waals surface area contributed by atoms with Crippen LogP contribution in [-0.2, 0) is 9.59 Å². The van der Waals surface area contributed by atoms with Crippen molar-refractivity contribution in [1.82, 2.24) is 5.32 Å². The van der Waals surface area contributed by atoms with Gasteiger partial charge in [-0.3, -0.25) is 9.59 Å². The van der Waals surface area contributed by atoms with Crippen molar-refractivity contribution in [2.45, 2.75) is 25.8 Å². The Kier molecular flexibility index (Phi) is 5.05. The first kappa shape index (κ1) is 13.9. The summed E-state index contributed by atoms with van der Waals surface area (Å²) in [4.78, 5) is 33.4. The maximum atomic E-state index is 11.8. The lowest BCUT2D eigenvalue weighted by molar-refractivity contribution is -0.141. The molecule has 0 aliphatic heterocycles. The van der Waals surface area contributed by atoms with Gasteiger partial charge in [-0.05, 0) is 6.42 Å². The number of nitrogens with one attached hydrogen (secondary N) is 1. The van der Waals surface area contributed by atoms with Crippen LogP contribution in [0.25, 0.3) is 0 Å². The van der Waals surface area contributed by atoms with Crippen molar-refractivity contribution < 1.29 is 19.5 Å². The van der Waals surface area contributed by atoms with E-state index < -0.39 is 17.9 Å². The van der Waals surface area contributed by atoms with Crippen LogP contribution in [0.4, 0.5) is 0 Å². The molecule has 2 N–H and O–H groups in total. The van der Waals surface area contributed by atoms with Crippen LogP contribution in [0.15, 0.2) is 30.3 Å². The third-order valence-corrected chi connectivity index (χ3v) is 2.43. The zero-order valence-corrected chi connectivity index (χ0v) is 10.1. The molecule has 0 spiro atoms. The number of rotatable bonds is 6. The summed E-state index contributed by atoms with van der Waals surface area (Å²) in [7, 11) is 0. The second-order valence-corrected chi connectivity index (χ2v) is 3.92. The summed E-state index contributed by atoms with van der Waals surface area (Å²) in [5.74, 6) is -1.69. The maximum absolute atomic E-state index is 11.8. The normalized spacial score (nSPS) is 11.6. The summed E-state index contributed by atoms with van der Waals surface area (Å²) in [5, 5.41) is 11.2. The van der Waals surface area contributed by atoms with Gasteiger partial charge in [0, 0.05) is 18.9 Å². The molecule has 0 aliphatic carbocycles. The molecule has 1 atom stereocenters. The van der Waals surface area contributed by atoms with Crippen molar-refractivity contribution >= 4 is 17.7 Å². The van der Waals surface area contributed by atoms with Crippen molar-refractivity contribution in [3.8, 4) is 0 Å². The van der Waals surface area contributed by atoms with Crippen LogP contribution in [0.2, 0.25) is 0 Å². The molecule has 0 heterocycles. The Hall–Kier alpha value is -2.17. The SMILES string of the molecule is CC(=O)N[C@H](CCC(=O)c1ccccc1)C(=O)O. The van der Waals surface area contributed by atoms with Crippen LogP contribution in [0.5, 0.6) is 0 Å². The quantitative estimate of drug-likeness (QED) is 0.743. The molecule has 96 valence electrons. The molecule has 1 aromatic rings. The van der Waals surface area contributed by atoms with Gasteiger partial charge in [-0.1, -0.05) is 30.3 Å². The van der Waals surface area contributed by atoms with E-state index in [4.69, 9.17) is 5.11 Å². The van der Waals surface area contributed by atoms with Gasteiger partial charge in [-0.2, -0.15) is 0 Å². The molecule has 18 heavy (non-hydrogen) atoms. The average molecular weight is 249 g/mol. The largest absolute Gasteiger partial charge is 0.480 e. The minimum atomic E-state index is -1.13. The number of benzene rings is 1. The molecule has 0 unspecified atom stereocenters. The second kappa shape index (κ2) is 6.54. The Morgan fingerprint density at radius 3 is 2.33 bits per heavy atom. The van der Waals surface area contributed by atoms with Crippen LogP contribution >= 0.6 is 0 Å². The van der Waals surface area contributed by atoms with Crippen LogP contribution in [0, 0.1) is 0 Å². The predicted molar refractivity (Wildman–Crippen MR) is 65.2 cm³/mol. The summed E-state index contributed by atoms with van der Waals surface area (Å²) in [5.41, 5.74) is 0.546. The Morgan fingerprint density at radius 2 is 1.83 bits per heavy atom. The third-order valence-electron chi connectivity index (χ3n) is 2.43. The van der Waals surface area contributed by atoms with Gasteiger partial charge in [0.25, 0.3) is 0 Å². The van der Waals surface area contributed by atoms with Crippen LogP contribution < -0.4 is 5.32 Å². The van der Waals surface area contributed by atoms with Crippen molar-refractivity contribution in [2.75, 3.05) is 0 Å². The molecule has 0 saturated heterocycles. The fourth-order valence-electron chi connectivity index (χ4n) is 1.55. The number of hydrogen-bond donors (Lipinski definition) is 2. The molecular weight excluding hydrogens is 234 g/mol. The van der Waals surface area contributed by atoms with E-state index in [0.717, 1.165) is 0 Å². The lowest BCUT2D eigenvalue weighted by Gasteiger charge is -2.12. The van der Waals surface area contributed by atoms with E-state index in [-0.39, 0.29) is 18.6 Å². The van der Waals surface area contributed by atoms with Gasteiger partial charge in [0.1, 0.15) is 6.04 Å². The first-order chi connectivity index (χ1) is 8.50. The highest BCUT2D eigenvalue weighted by Crippen LogP contribution is 2.07. The van der Waals surface area contributed by atoms with Crippen LogP contribution in [0.3, 0.4) is 0 Å². The second-order valence-electron chi connectivity index (χ2n) is 3.92. The Bertz CT molecular complexity index is 442. The molecule has 0 aromatic heterocycles. The fourth-order valence-corrected chi connectivity index (χ4v) is 1.55. The number of ketones is 1. The number of carboxylic acid groups (broad SMARTS) is 1. The maximum Gasteiger partial charge on any atom is 0.326 e. The minimum absolute atomic E-state index is 0.0846. The van der Waals surface area contributed by atoms with Crippen molar-refractivity contribution in [1.29, 1.82) is 0 Å². The number of Topliss-reactive ketones (excluding diaryl/α,β-unsaturated/α-hetero) is 1. The summed E-state index contributed by atoms with van der Waals surface area (Å²) < 4.78 is 0. The predicted octanol–water partition coefficient (Wildman–Crippen LogP) is 1.24. The van der Waals surface area contributed by atoms with Gasteiger partial charge in [-0.15, -0.1) is 0 Å². The smallest absolute Gasteiger partial charge is 0.326 e. The van der Waals surface area contributed by atoms with E-state index in [0.29, 0.717) is 5.56 Å². The minimum Gasteiger partial charge on any atom is -0.480 e. The molecule has 0 radical (unpaired) electrons. The number of carbonyl (C=O) groups excluding carboxylic acids is 2. The molecule has 0 fully saturated rings. The molecule has 1 amide bonds. The van der Waals surface area contributed by atoms with Gasteiger partial charge < -0.3 is 10.4 Å². The Labute approximate surface area is 105 Å². The average Bonchev–Trinajstić information content (AvgIpc) is 2.34. The van der Waals surface area contributed by atoms with E-state index in [9.17, 15) is 14.4 Å². The highest BCUT2D eigenvalue weighted by molar-refractivity contribution is 5.96. The number of amides is 1. The van der Waals surface area contributed by atoms with Gasteiger partial charge >= 0.3 is 5.97 Å². The van der Waals surface area contributed by atoms with Crippen LogP contribution in [0.1, 0.15) is 30.1 Å². The lowest BCUT2D eigenvalue weighted by atomic mass is 10.0. The molecule has 1 aromatic carbocycles. The molecule has 5 heteroatoms. The first-order valence-electron chi connectivity index (χ1n) is 5.59. The summed E-state index contributed by atoms with van der Waals surface area (Å²) in [6.45, 7) is 1.24. The summed E-state index contributed by atoms with van der Waals surface area (Å²) in [6, 6.07) is 7.63. The highest BCUT2D eigenvalue weighted by atomic mass is 16.4. The van der Waals surface area contributed by atoms with Gasteiger partial charge in [0.05, 0.1) is 0 Å². The van der Waals surface area contributed by atoms with Crippen molar-refractivity contribution in [3.63, 3.8) is 0 Å². The first-order valence-corrected chi connectivity index (χ1v) is 5.59.